The Morgan fingerprint density at radius 3 is 2.50 bits per heavy atom. The predicted octanol–water partition coefficient (Wildman–Crippen LogP) is 0.176. The number of alkyl halides is 2. The fourth-order valence-corrected chi connectivity index (χ4v) is 1.09. The van der Waals surface area contributed by atoms with E-state index in [0.717, 1.165) is 0 Å². The van der Waals surface area contributed by atoms with Crippen molar-refractivity contribution >= 4 is 0 Å². The third-order valence-electron chi connectivity index (χ3n) is 1.76. The molecular weight excluding hydrogens is 140 g/mol. The Labute approximate surface area is 58.4 Å². The lowest BCUT2D eigenvalue weighted by Gasteiger charge is -2.38. The monoisotopic (exact) mass is 151 g/mol. The minimum absolute atomic E-state index is 0.0654. The van der Waals surface area contributed by atoms with Crippen LogP contribution >= 0.6 is 0 Å². The number of nitrogens with zero attached hydrogens (tertiary/aromatic N) is 1. The number of aliphatic hydroxyl groups is 1. The molecule has 0 amide bonds. The van der Waals surface area contributed by atoms with Gasteiger partial charge in [0.1, 0.15) is 0 Å². The second-order valence-corrected chi connectivity index (χ2v) is 2.58. The summed E-state index contributed by atoms with van der Waals surface area (Å²) in [4.78, 5) is 1.82. The van der Waals surface area contributed by atoms with Gasteiger partial charge in [0.15, 0.2) is 0 Å². The SMILES string of the molecule is OCCN1CC(C(F)F)C1. The highest BCUT2D eigenvalue weighted by Gasteiger charge is 2.32. The van der Waals surface area contributed by atoms with Gasteiger partial charge in [-0.3, -0.25) is 4.90 Å². The van der Waals surface area contributed by atoms with Crippen LogP contribution in [0.5, 0.6) is 0 Å². The molecule has 0 aromatic rings. The molecule has 1 saturated heterocycles. The molecule has 0 aromatic carbocycles. The van der Waals surface area contributed by atoms with Crippen molar-refractivity contribution in [1.29, 1.82) is 0 Å². The summed E-state index contributed by atoms with van der Waals surface area (Å²) in [6, 6.07) is 0. The smallest absolute Gasteiger partial charge is 0.243 e. The average molecular weight is 151 g/mol. The Balaban J connectivity index is 2.06. The zero-order chi connectivity index (χ0) is 7.56. The number of hydrogen-bond donors (Lipinski definition) is 1. The van der Waals surface area contributed by atoms with Crippen molar-refractivity contribution in [2.45, 2.75) is 6.43 Å². The van der Waals surface area contributed by atoms with E-state index in [-0.39, 0.29) is 6.61 Å². The van der Waals surface area contributed by atoms with Gasteiger partial charge in [-0.2, -0.15) is 0 Å². The first-order valence-electron chi connectivity index (χ1n) is 3.35. The van der Waals surface area contributed by atoms with E-state index in [4.69, 9.17) is 5.11 Å². The van der Waals surface area contributed by atoms with Crippen LogP contribution in [0.4, 0.5) is 8.78 Å². The molecule has 0 atom stereocenters. The summed E-state index contributed by atoms with van der Waals surface area (Å²) >= 11 is 0. The Bertz CT molecular complexity index is 104. The molecule has 1 aliphatic heterocycles. The summed E-state index contributed by atoms with van der Waals surface area (Å²) < 4.78 is 23.6. The lowest BCUT2D eigenvalue weighted by Crippen LogP contribution is -2.50. The molecule has 1 heterocycles. The Morgan fingerprint density at radius 2 is 2.10 bits per heavy atom. The fraction of sp³-hybridized carbons (Fsp3) is 1.00. The molecule has 0 aliphatic carbocycles. The molecular formula is C6H11F2NO. The lowest BCUT2D eigenvalue weighted by molar-refractivity contribution is -0.0292. The van der Waals surface area contributed by atoms with E-state index in [1.54, 1.807) is 0 Å². The van der Waals surface area contributed by atoms with Crippen LogP contribution in [-0.4, -0.2) is 42.7 Å². The van der Waals surface area contributed by atoms with Gasteiger partial charge in [0.25, 0.3) is 0 Å². The summed E-state index contributed by atoms with van der Waals surface area (Å²) in [7, 11) is 0. The minimum atomic E-state index is -2.19. The van der Waals surface area contributed by atoms with E-state index < -0.39 is 12.3 Å². The molecule has 60 valence electrons. The third-order valence-corrected chi connectivity index (χ3v) is 1.76. The van der Waals surface area contributed by atoms with Crippen molar-refractivity contribution in [2.24, 2.45) is 5.92 Å². The van der Waals surface area contributed by atoms with Crippen LogP contribution in [-0.2, 0) is 0 Å². The number of halogens is 2. The molecule has 4 heteroatoms. The molecule has 0 saturated carbocycles. The number of likely N-dealkylation sites (tertiary alicyclic amines) is 1. The molecule has 0 aromatic heterocycles. The van der Waals surface area contributed by atoms with Gasteiger partial charge in [0.2, 0.25) is 6.43 Å². The average Bonchev–Trinajstić information content (AvgIpc) is 1.76. The van der Waals surface area contributed by atoms with E-state index in [1.165, 1.54) is 0 Å². The normalized spacial score (nSPS) is 21.6. The fourth-order valence-electron chi connectivity index (χ4n) is 1.09. The summed E-state index contributed by atoms with van der Waals surface area (Å²) in [5.74, 6) is -0.452. The summed E-state index contributed by atoms with van der Waals surface area (Å²) in [5.41, 5.74) is 0. The summed E-state index contributed by atoms with van der Waals surface area (Å²) in [6.07, 6.45) is -2.19. The molecule has 0 spiro atoms. The van der Waals surface area contributed by atoms with Crippen LogP contribution in [0.25, 0.3) is 0 Å². The van der Waals surface area contributed by atoms with E-state index >= 15 is 0 Å². The molecule has 0 unspecified atom stereocenters. The summed E-state index contributed by atoms with van der Waals surface area (Å²) in [5, 5.41) is 8.40. The Kier molecular flexibility index (Phi) is 2.56. The van der Waals surface area contributed by atoms with Gasteiger partial charge in [0.05, 0.1) is 6.61 Å². The highest BCUT2D eigenvalue weighted by atomic mass is 19.3. The maximum atomic E-state index is 11.8. The van der Waals surface area contributed by atoms with Crippen molar-refractivity contribution < 1.29 is 13.9 Å². The predicted molar refractivity (Wildman–Crippen MR) is 33.0 cm³/mol. The molecule has 1 aliphatic rings. The molecule has 10 heavy (non-hydrogen) atoms. The van der Waals surface area contributed by atoms with Gasteiger partial charge in [-0.1, -0.05) is 0 Å². The van der Waals surface area contributed by atoms with Gasteiger partial charge in [-0.05, 0) is 0 Å². The quantitative estimate of drug-likeness (QED) is 0.621. The topological polar surface area (TPSA) is 23.5 Å². The Hall–Kier alpha value is -0.220. The van der Waals surface area contributed by atoms with Crippen molar-refractivity contribution in [3.8, 4) is 0 Å². The highest BCUT2D eigenvalue weighted by Crippen LogP contribution is 2.21. The highest BCUT2D eigenvalue weighted by molar-refractivity contribution is 4.80. The van der Waals surface area contributed by atoms with E-state index in [9.17, 15) is 8.78 Å². The number of hydrogen-bond acceptors (Lipinski definition) is 2. The van der Waals surface area contributed by atoms with Crippen LogP contribution in [0, 0.1) is 5.92 Å². The van der Waals surface area contributed by atoms with Crippen molar-refractivity contribution in [2.75, 3.05) is 26.2 Å². The standard InChI is InChI=1S/C6H11F2NO/c7-6(8)5-3-9(4-5)1-2-10/h5-6,10H,1-4H2. The van der Waals surface area contributed by atoms with Crippen molar-refractivity contribution in [3.63, 3.8) is 0 Å². The van der Waals surface area contributed by atoms with Gasteiger partial charge in [-0.25, -0.2) is 8.78 Å². The zero-order valence-electron chi connectivity index (χ0n) is 5.63. The van der Waals surface area contributed by atoms with Crippen molar-refractivity contribution in [3.05, 3.63) is 0 Å². The van der Waals surface area contributed by atoms with Crippen LogP contribution in [0.3, 0.4) is 0 Å². The first-order chi connectivity index (χ1) is 4.74. The maximum absolute atomic E-state index is 11.8. The molecule has 1 fully saturated rings. The minimum Gasteiger partial charge on any atom is -0.395 e. The molecule has 0 radical (unpaired) electrons. The second-order valence-electron chi connectivity index (χ2n) is 2.58. The van der Waals surface area contributed by atoms with E-state index in [0.29, 0.717) is 19.6 Å². The van der Waals surface area contributed by atoms with Crippen LogP contribution in [0.15, 0.2) is 0 Å². The van der Waals surface area contributed by atoms with E-state index in [1.807, 2.05) is 4.90 Å². The first-order valence-corrected chi connectivity index (χ1v) is 3.35. The third kappa shape index (κ3) is 1.64. The van der Waals surface area contributed by atoms with Gasteiger partial charge >= 0.3 is 0 Å². The summed E-state index contributed by atoms with van der Waals surface area (Å²) in [6.45, 7) is 1.48. The molecule has 0 bridgehead atoms. The van der Waals surface area contributed by atoms with Gasteiger partial charge in [-0.15, -0.1) is 0 Å². The largest absolute Gasteiger partial charge is 0.395 e. The van der Waals surface area contributed by atoms with Crippen LogP contribution < -0.4 is 0 Å². The lowest BCUT2D eigenvalue weighted by atomic mass is 10.0. The molecule has 1 rings (SSSR count). The van der Waals surface area contributed by atoms with Crippen LogP contribution in [0.2, 0.25) is 0 Å². The van der Waals surface area contributed by atoms with Crippen LogP contribution in [0.1, 0.15) is 0 Å². The molecule has 2 nitrogen and oxygen atoms in total. The first kappa shape index (κ1) is 7.88. The maximum Gasteiger partial charge on any atom is 0.243 e. The van der Waals surface area contributed by atoms with Crippen molar-refractivity contribution in [1.82, 2.24) is 4.90 Å². The second kappa shape index (κ2) is 3.25. The Morgan fingerprint density at radius 1 is 1.50 bits per heavy atom. The zero-order valence-corrected chi connectivity index (χ0v) is 5.63. The molecule has 1 N–H and O–H groups in total. The number of β-amino-alcohol motifs (C(OH)–C–C–N with tert-alkyl or cyclic N) is 1. The van der Waals surface area contributed by atoms with Gasteiger partial charge in [0, 0.05) is 25.6 Å². The van der Waals surface area contributed by atoms with E-state index in [2.05, 4.69) is 0 Å². The number of aliphatic hydroxyl groups excluding tert-OH is 1. The number of rotatable bonds is 3. The van der Waals surface area contributed by atoms with Gasteiger partial charge < -0.3 is 5.11 Å².